The van der Waals surface area contributed by atoms with Gasteiger partial charge in [0.15, 0.2) is 0 Å². The molecule has 1 fully saturated rings. The van der Waals surface area contributed by atoms with E-state index in [4.69, 9.17) is 11.6 Å². The molecule has 2 heterocycles. The van der Waals surface area contributed by atoms with Crippen molar-refractivity contribution < 1.29 is 9.18 Å². The molecule has 0 aliphatic carbocycles. The second-order valence-corrected chi connectivity index (χ2v) is 5.77. The van der Waals surface area contributed by atoms with E-state index >= 15 is 0 Å². The highest BCUT2D eigenvalue weighted by Gasteiger charge is 2.22. The maximum Gasteiger partial charge on any atom is 0.244 e. The minimum Gasteiger partial charge on any atom is -0.339 e. The zero-order valence-electron chi connectivity index (χ0n) is 12.4. The molecule has 0 unspecified atom stereocenters. The molecule has 122 valence electrons. The van der Waals surface area contributed by atoms with E-state index in [0.717, 1.165) is 0 Å². The van der Waals surface area contributed by atoms with E-state index in [1.165, 1.54) is 17.1 Å². The highest BCUT2D eigenvalue weighted by molar-refractivity contribution is 6.31. The molecule has 0 saturated carbocycles. The zero-order valence-corrected chi connectivity index (χ0v) is 13.2. The van der Waals surface area contributed by atoms with Crippen molar-refractivity contribution in [3.8, 4) is 0 Å². The molecule has 1 aliphatic rings. The average Bonchev–Trinajstić information content (AvgIpc) is 3.04. The smallest absolute Gasteiger partial charge is 0.244 e. The van der Waals surface area contributed by atoms with Crippen molar-refractivity contribution >= 4 is 17.5 Å². The molecule has 0 atom stereocenters. The van der Waals surface area contributed by atoms with Crippen LogP contribution < -0.4 is 0 Å². The summed E-state index contributed by atoms with van der Waals surface area (Å²) in [6.07, 6.45) is 1.41. The summed E-state index contributed by atoms with van der Waals surface area (Å²) in [5.74, 6) is -0.324. The quantitative estimate of drug-likeness (QED) is 0.825. The number of benzene rings is 1. The van der Waals surface area contributed by atoms with Gasteiger partial charge in [0, 0.05) is 43.3 Å². The van der Waals surface area contributed by atoms with E-state index in [0.29, 0.717) is 43.3 Å². The van der Waals surface area contributed by atoms with Crippen LogP contribution in [-0.4, -0.2) is 62.1 Å². The van der Waals surface area contributed by atoms with Crippen LogP contribution in [0.1, 0.15) is 5.56 Å². The number of carbonyl (C=O) groups is 1. The van der Waals surface area contributed by atoms with Crippen molar-refractivity contribution in [2.45, 2.75) is 13.1 Å². The third-order valence-electron chi connectivity index (χ3n) is 3.86. The molecule has 1 saturated heterocycles. The summed E-state index contributed by atoms with van der Waals surface area (Å²) in [4.78, 5) is 16.0. The van der Waals surface area contributed by atoms with E-state index < -0.39 is 0 Å². The Labute approximate surface area is 137 Å². The van der Waals surface area contributed by atoms with Crippen LogP contribution in [0.5, 0.6) is 0 Å². The van der Waals surface area contributed by atoms with Gasteiger partial charge in [-0.05, 0) is 22.6 Å². The van der Waals surface area contributed by atoms with Gasteiger partial charge in [-0.3, -0.25) is 9.69 Å². The maximum atomic E-state index is 13.8. The molecule has 23 heavy (non-hydrogen) atoms. The van der Waals surface area contributed by atoms with Crippen molar-refractivity contribution in [1.29, 1.82) is 0 Å². The number of amides is 1. The maximum absolute atomic E-state index is 13.8. The molecular formula is C14H16ClFN6O. The first-order valence-corrected chi connectivity index (χ1v) is 7.65. The van der Waals surface area contributed by atoms with Gasteiger partial charge in [0.05, 0.1) is 0 Å². The van der Waals surface area contributed by atoms with Crippen LogP contribution in [0.4, 0.5) is 4.39 Å². The monoisotopic (exact) mass is 338 g/mol. The second kappa shape index (κ2) is 7.01. The van der Waals surface area contributed by atoms with Crippen molar-refractivity contribution in [1.82, 2.24) is 30.0 Å². The van der Waals surface area contributed by atoms with Crippen molar-refractivity contribution in [2.75, 3.05) is 26.2 Å². The number of carbonyl (C=O) groups excluding carboxylic acids is 1. The van der Waals surface area contributed by atoms with Crippen LogP contribution in [0.3, 0.4) is 0 Å². The van der Waals surface area contributed by atoms with Crippen LogP contribution in [0, 0.1) is 5.82 Å². The third-order valence-corrected chi connectivity index (χ3v) is 4.21. The normalized spacial score (nSPS) is 15.8. The van der Waals surface area contributed by atoms with Gasteiger partial charge < -0.3 is 4.90 Å². The van der Waals surface area contributed by atoms with Crippen LogP contribution >= 0.6 is 11.6 Å². The van der Waals surface area contributed by atoms with Crippen LogP contribution in [0.2, 0.25) is 5.02 Å². The van der Waals surface area contributed by atoms with Gasteiger partial charge in [0.1, 0.15) is 18.7 Å². The summed E-state index contributed by atoms with van der Waals surface area (Å²) in [6, 6.07) is 4.69. The molecule has 1 aliphatic heterocycles. The van der Waals surface area contributed by atoms with Crippen molar-refractivity contribution in [3.63, 3.8) is 0 Å². The molecule has 0 radical (unpaired) electrons. The predicted molar refractivity (Wildman–Crippen MR) is 81.1 cm³/mol. The molecule has 3 rings (SSSR count). The lowest BCUT2D eigenvalue weighted by atomic mass is 10.2. The van der Waals surface area contributed by atoms with E-state index in [1.807, 2.05) is 0 Å². The topological polar surface area (TPSA) is 67.2 Å². The number of rotatable bonds is 4. The highest BCUT2D eigenvalue weighted by Crippen LogP contribution is 2.21. The van der Waals surface area contributed by atoms with E-state index in [9.17, 15) is 9.18 Å². The number of aromatic nitrogens is 4. The lowest BCUT2D eigenvalue weighted by Crippen LogP contribution is -2.49. The predicted octanol–water partition coefficient (Wildman–Crippen LogP) is 0.810. The Bertz CT molecular complexity index is 652. The van der Waals surface area contributed by atoms with Gasteiger partial charge in [-0.25, -0.2) is 9.07 Å². The summed E-state index contributed by atoms with van der Waals surface area (Å²) in [6.45, 7) is 3.10. The SMILES string of the molecule is O=C(Cn1cnnn1)N1CCN(Cc2c(F)cccc2Cl)CC1. The fourth-order valence-corrected chi connectivity index (χ4v) is 2.78. The molecule has 0 spiro atoms. The molecule has 9 heteroatoms. The number of piperazine rings is 1. The lowest BCUT2D eigenvalue weighted by Gasteiger charge is -2.34. The van der Waals surface area contributed by atoms with Crippen LogP contribution in [0.15, 0.2) is 24.5 Å². The first kappa shape index (κ1) is 15.8. The van der Waals surface area contributed by atoms with Gasteiger partial charge >= 0.3 is 0 Å². The van der Waals surface area contributed by atoms with Crippen LogP contribution in [0.25, 0.3) is 0 Å². The zero-order chi connectivity index (χ0) is 16.2. The largest absolute Gasteiger partial charge is 0.339 e. The first-order valence-electron chi connectivity index (χ1n) is 7.27. The van der Waals surface area contributed by atoms with E-state index in [2.05, 4.69) is 20.4 Å². The molecular weight excluding hydrogens is 323 g/mol. The molecule has 0 N–H and O–H groups in total. The van der Waals surface area contributed by atoms with Gasteiger partial charge in [0.2, 0.25) is 5.91 Å². The summed E-state index contributed by atoms with van der Waals surface area (Å²) in [7, 11) is 0. The Morgan fingerprint density at radius 1 is 1.26 bits per heavy atom. The van der Waals surface area contributed by atoms with Gasteiger partial charge in [-0.15, -0.1) is 5.10 Å². The van der Waals surface area contributed by atoms with Crippen molar-refractivity contribution in [3.05, 3.63) is 40.9 Å². The Hall–Kier alpha value is -2.06. The minimum absolute atomic E-state index is 0.0270. The lowest BCUT2D eigenvalue weighted by molar-refractivity contribution is -0.133. The first-order chi connectivity index (χ1) is 11.1. The third kappa shape index (κ3) is 3.83. The van der Waals surface area contributed by atoms with Gasteiger partial charge in [-0.2, -0.15) is 0 Å². The molecule has 1 amide bonds. The fraction of sp³-hybridized carbons (Fsp3) is 0.429. The van der Waals surface area contributed by atoms with E-state index in [-0.39, 0.29) is 18.3 Å². The molecule has 7 nitrogen and oxygen atoms in total. The average molecular weight is 339 g/mol. The van der Waals surface area contributed by atoms with E-state index in [1.54, 1.807) is 17.0 Å². The molecule has 2 aromatic rings. The Morgan fingerprint density at radius 3 is 2.70 bits per heavy atom. The Morgan fingerprint density at radius 2 is 2.04 bits per heavy atom. The Kier molecular flexibility index (Phi) is 4.82. The summed E-state index contributed by atoms with van der Waals surface area (Å²) in [5, 5.41) is 11.1. The summed E-state index contributed by atoms with van der Waals surface area (Å²) in [5.41, 5.74) is 0.502. The minimum atomic E-state index is -0.297. The molecule has 0 bridgehead atoms. The summed E-state index contributed by atoms with van der Waals surface area (Å²) < 4.78 is 15.2. The van der Waals surface area contributed by atoms with Crippen LogP contribution in [-0.2, 0) is 17.9 Å². The number of hydrogen-bond acceptors (Lipinski definition) is 5. The standard InChI is InChI=1S/C14H16ClFN6O/c15-12-2-1-3-13(16)11(12)8-20-4-6-21(7-5-20)14(23)9-22-10-17-18-19-22/h1-3,10H,4-9H2. The number of halogens is 2. The molecule has 1 aromatic carbocycles. The number of nitrogens with zero attached hydrogens (tertiary/aromatic N) is 6. The number of hydrogen-bond donors (Lipinski definition) is 0. The van der Waals surface area contributed by atoms with Gasteiger partial charge in [-0.1, -0.05) is 17.7 Å². The fourth-order valence-electron chi connectivity index (χ4n) is 2.55. The van der Waals surface area contributed by atoms with Crippen molar-refractivity contribution in [2.24, 2.45) is 0 Å². The Balaban J connectivity index is 1.53. The van der Waals surface area contributed by atoms with Gasteiger partial charge in [0.25, 0.3) is 0 Å². The highest BCUT2D eigenvalue weighted by atomic mass is 35.5. The molecule has 1 aromatic heterocycles. The number of tetrazole rings is 1. The summed E-state index contributed by atoms with van der Waals surface area (Å²) >= 11 is 6.05. The second-order valence-electron chi connectivity index (χ2n) is 5.36.